The van der Waals surface area contributed by atoms with Gasteiger partial charge in [0.1, 0.15) is 0 Å². The van der Waals surface area contributed by atoms with Crippen molar-refractivity contribution in [3.05, 3.63) is 23.8 Å². The normalized spacial score (nSPS) is 26.8. The Morgan fingerprint density at radius 2 is 1.94 bits per heavy atom. The van der Waals surface area contributed by atoms with Crippen LogP contribution in [0.15, 0.2) is 23.8 Å². The number of hydrogen-bond donors (Lipinski definition) is 2. The first kappa shape index (κ1) is 28.5. The zero-order valence-electron chi connectivity index (χ0n) is 21.9. The molecule has 6 atom stereocenters. The van der Waals surface area contributed by atoms with Gasteiger partial charge < -0.3 is 15.1 Å². The average Bonchev–Trinajstić information content (AvgIpc) is 3.23. The number of carbonyl (C=O) groups is 1. The first-order chi connectivity index (χ1) is 15.6. The van der Waals surface area contributed by atoms with Crippen LogP contribution in [0.3, 0.4) is 0 Å². The van der Waals surface area contributed by atoms with E-state index in [1.165, 1.54) is 24.8 Å². The predicted molar refractivity (Wildman–Crippen MR) is 141 cm³/mol. The molecule has 1 saturated carbocycles. The number of aliphatic hydroxyl groups excluding tert-OH is 2. The molecule has 2 aliphatic carbocycles. The zero-order chi connectivity index (χ0) is 24.5. The Morgan fingerprint density at radius 1 is 1.24 bits per heavy atom. The summed E-state index contributed by atoms with van der Waals surface area (Å²) in [5.41, 5.74) is 1.46. The van der Waals surface area contributed by atoms with Crippen molar-refractivity contribution in [2.24, 2.45) is 23.7 Å². The van der Waals surface area contributed by atoms with Gasteiger partial charge in [0.25, 0.3) is 0 Å². The van der Waals surface area contributed by atoms with Gasteiger partial charge >= 0.3 is 0 Å². The van der Waals surface area contributed by atoms with Crippen LogP contribution < -0.4 is 0 Å². The Hall–Kier alpha value is -0.780. The molecule has 0 spiro atoms. The van der Waals surface area contributed by atoms with Crippen molar-refractivity contribution >= 4 is 17.7 Å². The molecule has 1 amide bonds. The van der Waals surface area contributed by atoms with Crippen molar-refractivity contribution in [1.82, 2.24) is 4.90 Å². The van der Waals surface area contributed by atoms with Gasteiger partial charge in [-0.1, -0.05) is 56.9 Å². The number of thioether (sulfide) groups is 1. The van der Waals surface area contributed by atoms with Crippen LogP contribution in [0.2, 0.25) is 0 Å². The minimum absolute atomic E-state index is 0.140. The van der Waals surface area contributed by atoms with Gasteiger partial charge in [-0.2, -0.15) is 11.8 Å². The van der Waals surface area contributed by atoms with Gasteiger partial charge in [0.05, 0.1) is 12.2 Å². The molecule has 0 aromatic heterocycles. The molecule has 0 aliphatic heterocycles. The SMILES string of the molecule is CCCC[C@H](C)C[C@H](O)C=C[C@@H]1[C@H]2CC(CSCCC(=O)N(C(C)C)C(C)C)=C[C@H]2C[C@H]1O. The highest BCUT2D eigenvalue weighted by Crippen LogP contribution is 2.47. The lowest BCUT2D eigenvalue weighted by molar-refractivity contribution is -0.134. The summed E-state index contributed by atoms with van der Waals surface area (Å²) in [7, 11) is 0. The molecule has 0 heterocycles. The largest absolute Gasteiger partial charge is 0.392 e. The van der Waals surface area contributed by atoms with Crippen LogP contribution >= 0.6 is 11.8 Å². The summed E-state index contributed by atoms with van der Waals surface area (Å²) in [4.78, 5) is 14.5. The number of aliphatic hydroxyl groups is 2. The predicted octanol–water partition coefficient (Wildman–Crippen LogP) is 5.83. The summed E-state index contributed by atoms with van der Waals surface area (Å²) >= 11 is 1.86. The van der Waals surface area contributed by atoms with Crippen LogP contribution in [0.1, 0.15) is 86.5 Å². The van der Waals surface area contributed by atoms with Crippen molar-refractivity contribution in [3.8, 4) is 0 Å². The standard InChI is InChI=1S/C28H49NO3S/c1-7-8-9-21(6)14-24(30)10-11-25-26-16-22(15-23(26)17-27(25)31)18-33-13-12-28(32)29(19(2)3)20(4)5/h10-11,15,19-21,23-27,30-31H,7-9,12-14,16-18H2,1-6H3/t21-,23-,24+,25+,26-,27+/m0/s1. The molecule has 2 aliphatic rings. The van der Waals surface area contributed by atoms with E-state index in [1.54, 1.807) is 0 Å². The van der Waals surface area contributed by atoms with Crippen molar-refractivity contribution in [2.45, 2.75) is 111 Å². The van der Waals surface area contributed by atoms with E-state index in [-0.39, 0.29) is 30.0 Å². The molecule has 0 aromatic rings. The summed E-state index contributed by atoms with van der Waals surface area (Å²) in [6.45, 7) is 12.7. The van der Waals surface area contributed by atoms with E-state index >= 15 is 0 Å². The Balaban J connectivity index is 1.77. The summed E-state index contributed by atoms with van der Waals surface area (Å²) < 4.78 is 0. The van der Waals surface area contributed by atoms with E-state index in [9.17, 15) is 15.0 Å². The summed E-state index contributed by atoms with van der Waals surface area (Å²) in [5.74, 6) is 3.66. The maximum Gasteiger partial charge on any atom is 0.223 e. The second kappa shape index (κ2) is 13.9. The molecule has 4 nitrogen and oxygen atoms in total. The fourth-order valence-electron chi connectivity index (χ4n) is 5.79. The van der Waals surface area contributed by atoms with Crippen molar-refractivity contribution in [2.75, 3.05) is 11.5 Å². The van der Waals surface area contributed by atoms with Crippen molar-refractivity contribution in [3.63, 3.8) is 0 Å². The second-order valence-corrected chi connectivity index (χ2v) is 12.1. The molecule has 1 fully saturated rings. The molecular formula is C28H49NO3S. The maximum atomic E-state index is 12.5. The van der Waals surface area contributed by atoms with Gasteiger partial charge in [-0.15, -0.1) is 0 Å². The maximum absolute atomic E-state index is 12.5. The summed E-state index contributed by atoms with van der Waals surface area (Å²) in [6, 6.07) is 0.489. The van der Waals surface area contributed by atoms with Crippen molar-refractivity contribution in [1.29, 1.82) is 0 Å². The van der Waals surface area contributed by atoms with Crippen LogP contribution in [0.5, 0.6) is 0 Å². The zero-order valence-corrected chi connectivity index (χ0v) is 22.7. The summed E-state index contributed by atoms with van der Waals surface area (Å²) in [6.07, 6.45) is 12.5. The third-order valence-electron chi connectivity index (χ3n) is 7.35. The molecule has 0 radical (unpaired) electrons. The number of unbranched alkanes of at least 4 members (excludes halogenated alkanes) is 1. The van der Waals surface area contributed by atoms with Gasteiger partial charge in [0, 0.05) is 35.9 Å². The number of rotatable bonds is 14. The quantitative estimate of drug-likeness (QED) is 0.243. The minimum atomic E-state index is -0.415. The van der Waals surface area contributed by atoms with Gasteiger partial charge in [-0.05, 0) is 64.7 Å². The second-order valence-electron chi connectivity index (χ2n) is 11.0. The topological polar surface area (TPSA) is 60.8 Å². The highest BCUT2D eigenvalue weighted by atomic mass is 32.2. The van der Waals surface area contributed by atoms with E-state index in [2.05, 4.69) is 53.7 Å². The average molecular weight is 480 g/mol. The number of amides is 1. The lowest BCUT2D eigenvalue weighted by Gasteiger charge is -2.30. The smallest absolute Gasteiger partial charge is 0.223 e. The highest BCUT2D eigenvalue weighted by Gasteiger charge is 2.43. The number of hydrogen-bond acceptors (Lipinski definition) is 4. The number of fused-ring (bicyclic) bond motifs is 1. The van der Waals surface area contributed by atoms with Crippen LogP contribution in [-0.2, 0) is 4.79 Å². The van der Waals surface area contributed by atoms with Gasteiger partial charge in [0.2, 0.25) is 5.91 Å². The van der Waals surface area contributed by atoms with Crippen LogP contribution in [0.25, 0.3) is 0 Å². The van der Waals surface area contributed by atoms with Gasteiger partial charge in [-0.3, -0.25) is 4.79 Å². The van der Waals surface area contributed by atoms with E-state index in [1.807, 2.05) is 22.7 Å². The van der Waals surface area contributed by atoms with E-state index in [4.69, 9.17) is 0 Å². The first-order valence-electron chi connectivity index (χ1n) is 13.3. The Kier molecular flexibility index (Phi) is 12.0. The molecule has 190 valence electrons. The number of nitrogens with zero attached hydrogens (tertiary/aromatic N) is 1. The Labute approximate surface area is 207 Å². The molecule has 2 rings (SSSR count). The van der Waals surface area contributed by atoms with Gasteiger partial charge in [-0.25, -0.2) is 0 Å². The molecule has 2 N–H and O–H groups in total. The molecule has 5 heteroatoms. The molecule has 0 unspecified atom stereocenters. The molecular weight excluding hydrogens is 430 g/mol. The van der Waals surface area contributed by atoms with Crippen LogP contribution in [0, 0.1) is 23.7 Å². The Bertz CT molecular complexity index is 652. The third kappa shape index (κ3) is 8.74. The molecule has 0 saturated heterocycles. The third-order valence-corrected chi connectivity index (χ3v) is 8.42. The summed E-state index contributed by atoms with van der Waals surface area (Å²) in [5, 5.41) is 21.0. The van der Waals surface area contributed by atoms with E-state index in [0.29, 0.717) is 24.2 Å². The fourth-order valence-corrected chi connectivity index (χ4v) is 6.73. The van der Waals surface area contributed by atoms with Crippen LogP contribution in [-0.4, -0.2) is 56.8 Å². The number of carbonyl (C=O) groups excluding carboxylic acids is 1. The van der Waals surface area contributed by atoms with E-state index < -0.39 is 6.10 Å². The Morgan fingerprint density at radius 3 is 2.58 bits per heavy atom. The molecule has 33 heavy (non-hydrogen) atoms. The molecule has 0 aromatic carbocycles. The number of allylic oxidation sites excluding steroid dienone is 1. The fraction of sp³-hybridized carbons (Fsp3) is 0.821. The lowest BCUT2D eigenvalue weighted by Crippen LogP contribution is -2.42. The van der Waals surface area contributed by atoms with Crippen LogP contribution in [0.4, 0.5) is 0 Å². The first-order valence-corrected chi connectivity index (χ1v) is 14.4. The monoisotopic (exact) mass is 479 g/mol. The van der Waals surface area contributed by atoms with E-state index in [0.717, 1.165) is 30.8 Å². The van der Waals surface area contributed by atoms with Crippen molar-refractivity contribution < 1.29 is 15.0 Å². The van der Waals surface area contributed by atoms with Gasteiger partial charge in [0.15, 0.2) is 0 Å². The minimum Gasteiger partial charge on any atom is -0.392 e. The lowest BCUT2D eigenvalue weighted by atomic mass is 9.88. The highest BCUT2D eigenvalue weighted by molar-refractivity contribution is 7.99. The molecule has 0 bridgehead atoms.